The number of nitrogens with one attached hydrogen (secondary N) is 1. The van der Waals surface area contributed by atoms with E-state index in [2.05, 4.69) is 18.8 Å². The quantitative estimate of drug-likeness (QED) is 0.734. The zero-order chi connectivity index (χ0) is 10.4. The number of benzene rings is 1. The van der Waals surface area contributed by atoms with Gasteiger partial charge in [-0.05, 0) is 18.1 Å². The molecule has 76 valence electrons. The van der Waals surface area contributed by atoms with Crippen molar-refractivity contribution in [3.8, 4) is 0 Å². The van der Waals surface area contributed by atoms with Gasteiger partial charge in [-0.15, -0.1) is 0 Å². The molecule has 0 atom stereocenters. The van der Waals surface area contributed by atoms with Gasteiger partial charge in [-0.2, -0.15) is 0 Å². The molecule has 0 aliphatic carbocycles. The molecule has 14 heavy (non-hydrogen) atoms. The molecule has 0 aromatic heterocycles. The fourth-order valence-electron chi connectivity index (χ4n) is 1.14. The summed E-state index contributed by atoms with van der Waals surface area (Å²) in [5, 5.41) is 4.13. The second kappa shape index (κ2) is 5.84. The molecule has 1 aromatic carbocycles. The summed E-state index contributed by atoms with van der Waals surface area (Å²) >= 11 is 6.01. The van der Waals surface area contributed by atoms with Crippen LogP contribution in [-0.4, -0.2) is 6.54 Å². The lowest BCUT2D eigenvalue weighted by molar-refractivity contribution is 0.727. The van der Waals surface area contributed by atoms with E-state index >= 15 is 0 Å². The first kappa shape index (κ1) is 11.3. The Bertz CT molecular complexity index is 307. The second-order valence-corrected chi connectivity index (χ2v) is 3.71. The lowest BCUT2D eigenvalue weighted by Gasteiger charge is -2.07. The van der Waals surface area contributed by atoms with Crippen LogP contribution in [0.3, 0.4) is 0 Å². The Morgan fingerprint density at radius 1 is 1.43 bits per heavy atom. The topological polar surface area (TPSA) is 12.0 Å². The van der Waals surface area contributed by atoms with Crippen LogP contribution in [0.15, 0.2) is 36.4 Å². The molecule has 1 N–H and O–H groups in total. The summed E-state index contributed by atoms with van der Waals surface area (Å²) in [6.45, 7) is 7.71. The van der Waals surface area contributed by atoms with Crippen molar-refractivity contribution in [2.45, 2.75) is 19.9 Å². The molecule has 0 aliphatic rings. The van der Waals surface area contributed by atoms with Gasteiger partial charge < -0.3 is 5.32 Å². The Balaban J connectivity index is 2.39. The Hall–Kier alpha value is -0.790. The summed E-state index contributed by atoms with van der Waals surface area (Å²) in [7, 11) is 0. The molecule has 0 spiro atoms. The molecule has 1 rings (SSSR count). The van der Waals surface area contributed by atoms with E-state index in [0.717, 1.165) is 30.1 Å². The summed E-state index contributed by atoms with van der Waals surface area (Å²) in [6, 6.07) is 7.88. The van der Waals surface area contributed by atoms with Crippen LogP contribution in [0.2, 0.25) is 5.02 Å². The zero-order valence-corrected chi connectivity index (χ0v) is 9.27. The highest BCUT2D eigenvalue weighted by Gasteiger charge is 1.97. The van der Waals surface area contributed by atoms with E-state index in [4.69, 9.17) is 11.6 Å². The highest BCUT2D eigenvalue weighted by atomic mass is 35.5. The largest absolute Gasteiger partial charge is 0.309 e. The maximum Gasteiger partial charge on any atom is 0.0450 e. The number of halogens is 1. The second-order valence-electron chi connectivity index (χ2n) is 3.30. The lowest BCUT2D eigenvalue weighted by atomic mass is 10.2. The maximum atomic E-state index is 6.01. The van der Waals surface area contributed by atoms with Crippen LogP contribution >= 0.6 is 11.6 Å². The Kier molecular flexibility index (Phi) is 4.71. The molecule has 0 heterocycles. The van der Waals surface area contributed by atoms with Gasteiger partial charge >= 0.3 is 0 Å². The van der Waals surface area contributed by atoms with Crippen LogP contribution in [-0.2, 0) is 6.54 Å². The predicted molar refractivity (Wildman–Crippen MR) is 62.6 cm³/mol. The lowest BCUT2D eigenvalue weighted by Crippen LogP contribution is -2.16. The summed E-state index contributed by atoms with van der Waals surface area (Å²) < 4.78 is 0. The van der Waals surface area contributed by atoms with Gasteiger partial charge in [-0.25, -0.2) is 0 Å². The van der Waals surface area contributed by atoms with Crippen molar-refractivity contribution >= 4 is 11.6 Å². The van der Waals surface area contributed by atoms with Crippen molar-refractivity contribution in [2.24, 2.45) is 0 Å². The highest BCUT2D eigenvalue weighted by Crippen LogP contribution is 2.14. The highest BCUT2D eigenvalue weighted by molar-refractivity contribution is 6.31. The van der Waals surface area contributed by atoms with Crippen molar-refractivity contribution < 1.29 is 0 Å². The maximum absolute atomic E-state index is 6.01. The van der Waals surface area contributed by atoms with E-state index in [0.29, 0.717) is 0 Å². The fourth-order valence-corrected chi connectivity index (χ4v) is 1.34. The molecule has 0 fully saturated rings. The van der Waals surface area contributed by atoms with Crippen molar-refractivity contribution in [3.05, 3.63) is 47.0 Å². The van der Waals surface area contributed by atoms with Crippen LogP contribution in [0.1, 0.15) is 18.9 Å². The van der Waals surface area contributed by atoms with E-state index in [-0.39, 0.29) is 0 Å². The third kappa shape index (κ3) is 3.52. The molecule has 2 heteroatoms. The molecular weight excluding hydrogens is 194 g/mol. The molecule has 0 amide bonds. The Morgan fingerprint density at radius 2 is 2.14 bits per heavy atom. The monoisotopic (exact) mass is 209 g/mol. The molecule has 0 aliphatic heterocycles. The fraction of sp³-hybridized carbons (Fsp3) is 0.333. The molecular formula is C12H16ClN. The molecule has 0 unspecified atom stereocenters. The van der Waals surface area contributed by atoms with E-state index in [9.17, 15) is 0 Å². The van der Waals surface area contributed by atoms with Gasteiger partial charge in [0.2, 0.25) is 0 Å². The van der Waals surface area contributed by atoms with Crippen molar-refractivity contribution in [2.75, 3.05) is 6.54 Å². The van der Waals surface area contributed by atoms with Gasteiger partial charge in [0.1, 0.15) is 0 Å². The summed E-state index contributed by atoms with van der Waals surface area (Å²) in [4.78, 5) is 0. The molecule has 1 nitrogen and oxygen atoms in total. The Labute approximate surface area is 90.8 Å². The van der Waals surface area contributed by atoms with E-state index in [1.165, 1.54) is 5.57 Å². The van der Waals surface area contributed by atoms with Crippen LogP contribution in [0.25, 0.3) is 0 Å². The van der Waals surface area contributed by atoms with Crippen molar-refractivity contribution in [1.82, 2.24) is 5.32 Å². The van der Waals surface area contributed by atoms with Gasteiger partial charge in [0.05, 0.1) is 0 Å². The molecule has 0 saturated heterocycles. The first-order valence-corrected chi connectivity index (χ1v) is 5.22. The SMILES string of the molecule is C=C(CC)CNCc1ccccc1Cl. The summed E-state index contributed by atoms with van der Waals surface area (Å²) in [6.07, 6.45) is 1.02. The number of hydrogen-bond donors (Lipinski definition) is 1. The zero-order valence-electron chi connectivity index (χ0n) is 8.52. The smallest absolute Gasteiger partial charge is 0.0450 e. The third-order valence-electron chi connectivity index (χ3n) is 2.15. The standard InChI is InChI=1S/C12H16ClN/c1-3-10(2)8-14-9-11-6-4-5-7-12(11)13/h4-7,14H,2-3,8-9H2,1H3. The van der Waals surface area contributed by atoms with Gasteiger partial charge in [0.25, 0.3) is 0 Å². The normalized spacial score (nSPS) is 10.1. The van der Waals surface area contributed by atoms with Crippen molar-refractivity contribution in [1.29, 1.82) is 0 Å². The first-order valence-electron chi connectivity index (χ1n) is 4.84. The minimum absolute atomic E-state index is 0.804. The molecule has 1 aromatic rings. The first-order chi connectivity index (χ1) is 6.74. The van der Waals surface area contributed by atoms with Crippen molar-refractivity contribution in [3.63, 3.8) is 0 Å². The summed E-state index contributed by atoms with van der Waals surface area (Å²) in [5.41, 5.74) is 2.36. The third-order valence-corrected chi connectivity index (χ3v) is 2.52. The van der Waals surface area contributed by atoms with Crippen LogP contribution < -0.4 is 5.32 Å². The van der Waals surface area contributed by atoms with E-state index in [1.807, 2.05) is 24.3 Å². The van der Waals surface area contributed by atoms with Gasteiger partial charge in [-0.3, -0.25) is 0 Å². The minimum Gasteiger partial charge on any atom is -0.309 e. The van der Waals surface area contributed by atoms with Gasteiger partial charge in [-0.1, -0.05) is 48.9 Å². The van der Waals surface area contributed by atoms with Gasteiger partial charge in [0, 0.05) is 18.1 Å². The molecule has 0 bridgehead atoms. The predicted octanol–water partition coefficient (Wildman–Crippen LogP) is 3.40. The summed E-state index contributed by atoms with van der Waals surface area (Å²) in [5.74, 6) is 0. The van der Waals surface area contributed by atoms with Crippen LogP contribution in [0.4, 0.5) is 0 Å². The molecule has 0 radical (unpaired) electrons. The van der Waals surface area contributed by atoms with Gasteiger partial charge in [0.15, 0.2) is 0 Å². The van der Waals surface area contributed by atoms with E-state index < -0.39 is 0 Å². The average Bonchev–Trinajstić information content (AvgIpc) is 2.20. The number of hydrogen-bond acceptors (Lipinski definition) is 1. The molecule has 0 saturated carbocycles. The van der Waals surface area contributed by atoms with Crippen LogP contribution in [0, 0.1) is 0 Å². The average molecular weight is 210 g/mol. The Morgan fingerprint density at radius 3 is 2.79 bits per heavy atom. The number of rotatable bonds is 5. The van der Waals surface area contributed by atoms with Crippen LogP contribution in [0.5, 0.6) is 0 Å². The van der Waals surface area contributed by atoms with E-state index in [1.54, 1.807) is 0 Å². The minimum atomic E-state index is 0.804.